The van der Waals surface area contributed by atoms with Crippen LogP contribution in [0.2, 0.25) is 0 Å². The molecule has 2 aromatic rings. The molecular formula is C17H25N3. The Morgan fingerprint density at radius 1 is 1.15 bits per heavy atom. The predicted octanol–water partition coefficient (Wildman–Crippen LogP) is 3.47. The van der Waals surface area contributed by atoms with Crippen LogP contribution in [0.5, 0.6) is 0 Å². The Labute approximate surface area is 122 Å². The molecular weight excluding hydrogens is 246 g/mol. The normalized spacial score (nSPS) is 11.1. The van der Waals surface area contributed by atoms with E-state index in [9.17, 15) is 0 Å². The highest BCUT2D eigenvalue weighted by Gasteiger charge is 2.14. The van der Waals surface area contributed by atoms with Crippen LogP contribution in [0.25, 0.3) is 5.69 Å². The van der Waals surface area contributed by atoms with Gasteiger partial charge in [-0.15, -0.1) is 0 Å². The van der Waals surface area contributed by atoms with Gasteiger partial charge in [0.05, 0.1) is 11.9 Å². The second-order valence-electron chi connectivity index (χ2n) is 5.56. The van der Waals surface area contributed by atoms with E-state index in [-0.39, 0.29) is 0 Å². The van der Waals surface area contributed by atoms with Crippen molar-refractivity contribution in [2.45, 2.75) is 47.1 Å². The molecule has 0 saturated carbocycles. The van der Waals surface area contributed by atoms with Crippen LogP contribution in [-0.4, -0.2) is 16.8 Å². The van der Waals surface area contributed by atoms with Gasteiger partial charge >= 0.3 is 0 Å². The van der Waals surface area contributed by atoms with Crippen molar-refractivity contribution >= 4 is 0 Å². The Balaban J connectivity index is 2.58. The largest absolute Gasteiger partial charge is 0.316 e. The average molecular weight is 271 g/mol. The molecule has 1 N–H and O–H groups in total. The molecule has 0 atom stereocenters. The first kappa shape index (κ1) is 14.8. The average Bonchev–Trinajstić information content (AvgIpc) is 2.73. The maximum Gasteiger partial charge on any atom is 0.0707 e. The van der Waals surface area contributed by atoms with E-state index in [1.165, 1.54) is 33.6 Å². The van der Waals surface area contributed by atoms with Gasteiger partial charge in [-0.25, -0.2) is 4.68 Å². The topological polar surface area (TPSA) is 29.9 Å². The van der Waals surface area contributed by atoms with E-state index in [0.29, 0.717) is 0 Å². The highest BCUT2D eigenvalue weighted by Crippen LogP contribution is 2.24. The van der Waals surface area contributed by atoms with E-state index in [1.54, 1.807) is 0 Å². The number of hydrogen-bond donors (Lipinski definition) is 1. The van der Waals surface area contributed by atoms with Gasteiger partial charge < -0.3 is 5.32 Å². The molecule has 1 aromatic heterocycles. The molecule has 0 amide bonds. The second-order valence-corrected chi connectivity index (χ2v) is 5.56. The summed E-state index contributed by atoms with van der Waals surface area (Å²) in [5.74, 6) is 0. The minimum atomic E-state index is 0.874. The number of benzene rings is 1. The Bertz CT molecular complexity index is 573. The molecule has 0 fully saturated rings. The Hall–Kier alpha value is -1.61. The molecule has 20 heavy (non-hydrogen) atoms. The molecule has 0 aliphatic heterocycles. The van der Waals surface area contributed by atoms with Gasteiger partial charge in [0, 0.05) is 17.8 Å². The van der Waals surface area contributed by atoms with Crippen LogP contribution in [0.4, 0.5) is 0 Å². The van der Waals surface area contributed by atoms with Crippen molar-refractivity contribution in [2.24, 2.45) is 0 Å². The van der Waals surface area contributed by atoms with Crippen LogP contribution in [0.1, 0.15) is 41.3 Å². The van der Waals surface area contributed by atoms with Crippen molar-refractivity contribution < 1.29 is 0 Å². The minimum Gasteiger partial charge on any atom is -0.316 e. The minimum absolute atomic E-state index is 0.874. The number of hydrogen-bond acceptors (Lipinski definition) is 2. The maximum atomic E-state index is 4.65. The lowest BCUT2D eigenvalue weighted by Gasteiger charge is -2.15. The fraction of sp³-hybridized carbons (Fsp3) is 0.471. The molecule has 0 spiro atoms. The van der Waals surface area contributed by atoms with Crippen LogP contribution in [0, 0.1) is 20.8 Å². The summed E-state index contributed by atoms with van der Waals surface area (Å²) in [7, 11) is 1.98. The third-order valence-electron chi connectivity index (χ3n) is 3.66. The lowest BCUT2D eigenvalue weighted by molar-refractivity contribution is 0.745. The summed E-state index contributed by atoms with van der Waals surface area (Å²) < 4.78 is 2.14. The zero-order valence-electron chi connectivity index (χ0n) is 13.2. The van der Waals surface area contributed by atoms with Crippen molar-refractivity contribution in [1.29, 1.82) is 0 Å². The van der Waals surface area contributed by atoms with Crippen LogP contribution >= 0.6 is 0 Å². The molecule has 0 aliphatic carbocycles. The summed E-state index contributed by atoms with van der Waals surface area (Å²) in [4.78, 5) is 0. The molecule has 3 nitrogen and oxygen atoms in total. The quantitative estimate of drug-likeness (QED) is 0.902. The van der Waals surface area contributed by atoms with Crippen molar-refractivity contribution in [3.05, 3.63) is 46.3 Å². The summed E-state index contributed by atoms with van der Waals surface area (Å²) in [5.41, 5.74) is 7.76. The van der Waals surface area contributed by atoms with E-state index in [4.69, 9.17) is 0 Å². The van der Waals surface area contributed by atoms with E-state index >= 15 is 0 Å². The number of aryl methyl sites for hydroxylation is 3. The molecule has 0 radical (unpaired) electrons. The Morgan fingerprint density at radius 3 is 2.35 bits per heavy atom. The third-order valence-corrected chi connectivity index (χ3v) is 3.66. The molecule has 3 heteroatoms. The van der Waals surface area contributed by atoms with Crippen LogP contribution < -0.4 is 5.32 Å². The number of rotatable bonds is 5. The molecule has 108 valence electrons. The van der Waals surface area contributed by atoms with E-state index in [1.807, 2.05) is 13.2 Å². The van der Waals surface area contributed by atoms with E-state index in [0.717, 1.165) is 19.4 Å². The molecule has 0 unspecified atom stereocenters. The summed E-state index contributed by atoms with van der Waals surface area (Å²) in [6.07, 6.45) is 4.19. The standard InChI is InChI=1S/C17H25N3/c1-6-7-16-15(10-18-5)11-19-20(16)17-13(3)8-12(2)9-14(17)4/h8-9,11,18H,6-7,10H2,1-5H3. The van der Waals surface area contributed by atoms with Gasteiger partial charge in [0.15, 0.2) is 0 Å². The smallest absolute Gasteiger partial charge is 0.0707 e. The predicted molar refractivity (Wildman–Crippen MR) is 84.5 cm³/mol. The summed E-state index contributed by atoms with van der Waals surface area (Å²) in [5, 5.41) is 7.88. The lowest BCUT2D eigenvalue weighted by Crippen LogP contribution is -2.10. The van der Waals surface area contributed by atoms with Gasteiger partial charge in [0.25, 0.3) is 0 Å². The first-order valence-electron chi connectivity index (χ1n) is 7.37. The van der Waals surface area contributed by atoms with Gasteiger partial charge in [-0.2, -0.15) is 5.10 Å². The van der Waals surface area contributed by atoms with Crippen LogP contribution in [0.15, 0.2) is 18.3 Å². The summed E-state index contributed by atoms with van der Waals surface area (Å²) >= 11 is 0. The van der Waals surface area contributed by atoms with E-state index in [2.05, 4.69) is 54.9 Å². The van der Waals surface area contributed by atoms with Crippen LogP contribution in [0.3, 0.4) is 0 Å². The van der Waals surface area contributed by atoms with Crippen molar-refractivity contribution in [2.75, 3.05) is 7.05 Å². The highest BCUT2D eigenvalue weighted by molar-refractivity contribution is 5.50. The second kappa shape index (κ2) is 6.23. The summed E-state index contributed by atoms with van der Waals surface area (Å²) in [6, 6.07) is 4.47. The van der Waals surface area contributed by atoms with E-state index < -0.39 is 0 Å². The van der Waals surface area contributed by atoms with Crippen molar-refractivity contribution in [3.8, 4) is 5.69 Å². The monoisotopic (exact) mass is 271 g/mol. The van der Waals surface area contributed by atoms with Gasteiger partial charge in [-0.1, -0.05) is 31.0 Å². The molecule has 2 rings (SSSR count). The zero-order chi connectivity index (χ0) is 14.7. The first-order valence-corrected chi connectivity index (χ1v) is 7.37. The Morgan fingerprint density at radius 2 is 1.80 bits per heavy atom. The maximum absolute atomic E-state index is 4.65. The van der Waals surface area contributed by atoms with Crippen LogP contribution in [-0.2, 0) is 13.0 Å². The van der Waals surface area contributed by atoms with Gasteiger partial charge in [0.2, 0.25) is 0 Å². The highest BCUT2D eigenvalue weighted by atomic mass is 15.3. The lowest BCUT2D eigenvalue weighted by atomic mass is 10.0. The number of aromatic nitrogens is 2. The van der Waals surface area contributed by atoms with Crippen molar-refractivity contribution in [1.82, 2.24) is 15.1 Å². The molecule has 0 saturated heterocycles. The number of nitrogens with one attached hydrogen (secondary N) is 1. The molecule has 1 heterocycles. The fourth-order valence-electron chi connectivity index (χ4n) is 2.95. The fourth-order valence-corrected chi connectivity index (χ4v) is 2.95. The SMILES string of the molecule is CCCc1c(CNC)cnn1-c1c(C)cc(C)cc1C. The van der Waals surface area contributed by atoms with Crippen molar-refractivity contribution in [3.63, 3.8) is 0 Å². The molecule has 0 bridgehead atoms. The number of nitrogens with zero attached hydrogens (tertiary/aromatic N) is 2. The summed E-state index contributed by atoms with van der Waals surface area (Å²) in [6.45, 7) is 9.58. The zero-order valence-corrected chi connectivity index (χ0v) is 13.2. The molecule has 0 aliphatic rings. The van der Waals surface area contributed by atoms with Gasteiger partial charge in [-0.3, -0.25) is 0 Å². The van der Waals surface area contributed by atoms with Gasteiger partial charge in [0.1, 0.15) is 0 Å². The van der Waals surface area contributed by atoms with Gasteiger partial charge in [-0.05, 0) is 45.4 Å². The first-order chi connectivity index (χ1) is 9.58. The molecule has 1 aromatic carbocycles. The Kier molecular flexibility index (Phi) is 4.61. The third kappa shape index (κ3) is 2.78.